The highest BCUT2D eigenvalue weighted by molar-refractivity contribution is 5.68. The zero-order valence-electron chi connectivity index (χ0n) is 18.5. The Balaban J connectivity index is 1.62. The highest BCUT2D eigenvalue weighted by atomic mass is 16.6. The van der Waals surface area contributed by atoms with Crippen molar-refractivity contribution in [1.29, 1.82) is 0 Å². The number of imidazole rings is 1. The third-order valence-electron chi connectivity index (χ3n) is 5.34. The molecule has 0 unspecified atom stereocenters. The number of piperidine rings is 1. The normalized spacial score (nSPS) is 19.1. The first-order valence-corrected chi connectivity index (χ1v) is 10.8. The summed E-state index contributed by atoms with van der Waals surface area (Å²) in [6.07, 6.45) is 6.53. The zero-order valence-corrected chi connectivity index (χ0v) is 18.5. The van der Waals surface area contributed by atoms with Crippen molar-refractivity contribution in [3.8, 4) is 0 Å². The first-order valence-electron chi connectivity index (χ1n) is 10.8. The van der Waals surface area contributed by atoms with Gasteiger partial charge in [-0.25, -0.2) is 9.78 Å². The molecule has 0 bridgehead atoms. The fraction of sp³-hybridized carbons (Fsp3) is 0.818. The lowest BCUT2D eigenvalue weighted by molar-refractivity contribution is 0.0202. The van der Waals surface area contributed by atoms with Crippen LogP contribution in [-0.4, -0.2) is 51.3 Å². The van der Waals surface area contributed by atoms with Crippen LogP contribution in [0.15, 0.2) is 6.20 Å². The molecule has 0 spiro atoms. The summed E-state index contributed by atoms with van der Waals surface area (Å²) in [6, 6.07) is 0. The molecule has 1 saturated carbocycles. The lowest BCUT2D eigenvalue weighted by Gasteiger charge is -2.33. The van der Waals surface area contributed by atoms with E-state index in [4.69, 9.17) is 9.72 Å². The topological polar surface area (TPSA) is 59.4 Å². The fourth-order valence-electron chi connectivity index (χ4n) is 3.73. The molecule has 1 aliphatic carbocycles. The SMILES string of the molecule is CC(C)(C)NCCn1cc(C2CC2)nc1C1CCN(C(=O)OC(C)(C)C)CC1. The molecular weight excluding hydrogens is 352 g/mol. The van der Waals surface area contributed by atoms with E-state index in [0.29, 0.717) is 11.8 Å². The Kier molecular flexibility index (Phi) is 6.08. The highest BCUT2D eigenvalue weighted by Crippen LogP contribution is 2.40. The molecule has 28 heavy (non-hydrogen) atoms. The fourth-order valence-corrected chi connectivity index (χ4v) is 3.73. The molecule has 0 atom stereocenters. The predicted molar refractivity (Wildman–Crippen MR) is 112 cm³/mol. The van der Waals surface area contributed by atoms with E-state index >= 15 is 0 Å². The summed E-state index contributed by atoms with van der Waals surface area (Å²) >= 11 is 0. The lowest BCUT2D eigenvalue weighted by Crippen LogP contribution is -2.41. The number of nitrogens with one attached hydrogen (secondary N) is 1. The van der Waals surface area contributed by atoms with Gasteiger partial charge in [0.1, 0.15) is 11.4 Å². The van der Waals surface area contributed by atoms with Gasteiger partial charge in [-0.1, -0.05) is 0 Å². The van der Waals surface area contributed by atoms with Gasteiger partial charge >= 0.3 is 6.09 Å². The van der Waals surface area contributed by atoms with Crippen molar-refractivity contribution in [3.05, 3.63) is 17.7 Å². The number of hydrogen-bond acceptors (Lipinski definition) is 4. The Hall–Kier alpha value is -1.56. The maximum Gasteiger partial charge on any atom is 0.410 e. The van der Waals surface area contributed by atoms with Crippen molar-refractivity contribution in [2.45, 2.75) is 96.7 Å². The van der Waals surface area contributed by atoms with Crippen molar-refractivity contribution >= 4 is 6.09 Å². The number of amides is 1. The number of nitrogens with zero attached hydrogens (tertiary/aromatic N) is 3. The average Bonchev–Trinajstić information content (AvgIpc) is 3.33. The van der Waals surface area contributed by atoms with Gasteiger partial charge < -0.3 is 19.5 Å². The maximum absolute atomic E-state index is 12.3. The van der Waals surface area contributed by atoms with Crippen molar-refractivity contribution in [2.24, 2.45) is 0 Å². The molecule has 1 N–H and O–H groups in total. The molecule has 0 aromatic carbocycles. The Bertz CT molecular complexity index is 672. The second kappa shape index (κ2) is 8.05. The Morgan fingerprint density at radius 2 is 1.75 bits per heavy atom. The number of hydrogen-bond donors (Lipinski definition) is 1. The third kappa shape index (κ3) is 5.97. The smallest absolute Gasteiger partial charge is 0.410 e. The van der Waals surface area contributed by atoms with Crippen LogP contribution in [0.3, 0.4) is 0 Å². The van der Waals surface area contributed by atoms with Gasteiger partial charge in [0.15, 0.2) is 0 Å². The van der Waals surface area contributed by atoms with Crippen molar-refractivity contribution in [1.82, 2.24) is 19.8 Å². The van der Waals surface area contributed by atoms with E-state index in [2.05, 4.69) is 36.9 Å². The molecule has 6 heteroatoms. The van der Waals surface area contributed by atoms with E-state index in [1.54, 1.807) is 0 Å². The van der Waals surface area contributed by atoms with Crippen LogP contribution in [0.4, 0.5) is 4.79 Å². The van der Waals surface area contributed by atoms with Gasteiger partial charge in [-0.05, 0) is 67.2 Å². The molecule has 2 fully saturated rings. The largest absolute Gasteiger partial charge is 0.444 e. The third-order valence-corrected chi connectivity index (χ3v) is 5.34. The first-order chi connectivity index (χ1) is 13.0. The Labute approximate surface area is 170 Å². The first kappa shape index (κ1) is 21.2. The van der Waals surface area contributed by atoms with Crippen molar-refractivity contribution in [2.75, 3.05) is 19.6 Å². The summed E-state index contributed by atoms with van der Waals surface area (Å²) < 4.78 is 7.89. The Morgan fingerprint density at radius 3 is 2.29 bits per heavy atom. The summed E-state index contributed by atoms with van der Waals surface area (Å²) in [5, 5.41) is 3.58. The molecular formula is C22H38N4O2. The summed E-state index contributed by atoms with van der Waals surface area (Å²) in [6.45, 7) is 15.7. The van der Waals surface area contributed by atoms with E-state index in [9.17, 15) is 4.79 Å². The summed E-state index contributed by atoms with van der Waals surface area (Å²) in [5.74, 6) is 2.29. The van der Waals surface area contributed by atoms with Gasteiger partial charge in [-0.3, -0.25) is 0 Å². The molecule has 6 nitrogen and oxygen atoms in total. The van der Waals surface area contributed by atoms with Crippen molar-refractivity contribution < 1.29 is 9.53 Å². The molecule has 3 rings (SSSR count). The number of rotatable bonds is 5. The number of carbonyl (C=O) groups excluding carboxylic acids is 1. The summed E-state index contributed by atoms with van der Waals surface area (Å²) in [7, 11) is 0. The number of likely N-dealkylation sites (tertiary alicyclic amines) is 1. The van der Waals surface area contributed by atoms with Crippen LogP contribution in [0.1, 0.15) is 90.6 Å². The van der Waals surface area contributed by atoms with E-state index in [1.165, 1.54) is 24.4 Å². The van der Waals surface area contributed by atoms with Crippen LogP contribution in [0.5, 0.6) is 0 Å². The molecule has 0 radical (unpaired) electrons. The lowest BCUT2D eigenvalue weighted by atomic mass is 9.96. The molecule has 2 aliphatic rings. The van der Waals surface area contributed by atoms with Gasteiger partial charge in [0.05, 0.1) is 5.69 Å². The zero-order chi connectivity index (χ0) is 20.5. The number of ether oxygens (including phenoxy) is 1. The number of carbonyl (C=O) groups is 1. The molecule has 1 saturated heterocycles. The molecule has 1 aromatic heterocycles. The predicted octanol–water partition coefficient (Wildman–Crippen LogP) is 4.26. The molecule has 2 heterocycles. The summed E-state index contributed by atoms with van der Waals surface area (Å²) in [4.78, 5) is 19.2. The second-order valence-electron chi connectivity index (χ2n) is 10.4. The minimum absolute atomic E-state index is 0.124. The quantitative estimate of drug-likeness (QED) is 0.816. The highest BCUT2D eigenvalue weighted by Gasteiger charge is 2.32. The summed E-state index contributed by atoms with van der Waals surface area (Å²) in [5.41, 5.74) is 0.947. The minimum atomic E-state index is -0.441. The second-order valence-corrected chi connectivity index (χ2v) is 10.4. The van der Waals surface area contributed by atoms with Gasteiger partial charge in [-0.15, -0.1) is 0 Å². The van der Waals surface area contributed by atoms with Gasteiger partial charge in [0.2, 0.25) is 0 Å². The van der Waals surface area contributed by atoms with Crippen LogP contribution in [-0.2, 0) is 11.3 Å². The van der Waals surface area contributed by atoms with Gasteiger partial charge in [0.25, 0.3) is 0 Å². The minimum Gasteiger partial charge on any atom is -0.444 e. The maximum atomic E-state index is 12.3. The van der Waals surface area contributed by atoms with Crippen molar-refractivity contribution in [3.63, 3.8) is 0 Å². The Morgan fingerprint density at radius 1 is 1.11 bits per heavy atom. The molecule has 158 valence electrons. The van der Waals surface area contributed by atoms with Crippen LogP contribution in [0, 0.1) is 0 Å². The van der Waals surface area contributed by atoms with E-state index in [-0.39, 0.29) is 11.6 Å². The van der Waals surface area contributed by atoms with Crippen LogP contribution >= 0.6 is 0 Å². The van der Waals surface area contributed by atoms with E-state index in [0.717, 1.165) is 39.0 Å². The molecule has 1 aliphatic heterocycles. The van der Waals surface area contributed by atoms with E-state index < -0.39 is 5.60 Å². The number of aromatic nitrogens is 2. The molecule has 1 aromatic rings. The average molecular weight is 391 g/mol. The monoisotopic (exact) mass is 390 g/mol. The van der Waals surface area contributed by atoms with Crippen LogP contribution in [0.2, 0.25) is 0 Å². The van der Waals surface area contributed by atoms with Crippen LogP contribution in [0.25, 0.3) is 0 Å². The van der Waals surface area contributed by atoms with Crippen LogP contribution < -0.4 is 5.32 Å². The van der Waals surface area contributed by atoms with Gasteiger partial charge in [0, 0.05) is 49.8 Å². The van der Waals surface area contributed by atoms with E-state index in [1.807, 2.05) is 25.7 Å². The van der Waals surface area contributed by atoms with Gasteiger partial charge in [-0.2, -0.15) is 0 Å². The molecule has 1 amide bonds. The standard InChI is InChI=1S/C22H38N4O2/c1-21(2,3)23-11-14-26-15-18(16-7-8-16)24-19(26)17-9-12-25(13-10-17)20(27)28-22(4,5)6/h15-17,23H,7-14H2,1-6H3.